The summed E-state index contributed by atoms with van der Waals surface area (Å²) in [5.41, 5.74) is 0. The molecule has 0 aromatic carbocycles. The van der Waals surface area contributed by atoms with Crippen molar-refractivity contribution in [2.75, 3.05) is 33.2 Å². The third kappa shape index (κ3) is 5.07. The molecular weight excluding hydrogens is 232 g/mol. The molecule has 0 aliphatic heterocycles. The second kappa shape index (κ2) is 8.26. The summed E-state index contributed by atoms with van der Waals surface area (Å²) in [5.74, 6) is 3.24. The normalized spacial score (nSPS) is 29.5. The summed E-state index contributed by atoms with van der Waals surface area (Å²) >= 11 is 0. The highest BCUT2D eigenvalue weighted by Gasteiger charge is 2.39. The molecule has 2 aliphatic carbocycles. The van der Waals surface area contributed by atoms with Gasteiger partial charge in [0.05, 0.1) is 0 Å². The van der Waals surface area contributed by atoms with Crippen molar-refractivity contribution in [2.24, 2.45) is 17.8 Å². The van der Waals surface area contributed by atoms with Crippen LogP contribution in [0.25, 0.3) is 0 Å². The largest absolute Gasteiger partial charge is 0.317 e. The molecule has 2 bridgehead atoms. The number of hydrogen-bond acceptors (Lipinski definition) is 2. The van der Waals surface area contributed by atoms with Crippen molar-refractivity contribution in [1.82, 2.24) is 10.2 Å². The molecule has 2 heteroatoms. The number of nitrogens with zero attached hydrogens (tertiary/aromatic N) is 1. The van der Waals surface area contributed by atoms with Crippen LogP contribution in [0.3, 0.4) is 0 Å². The lowest BCUT2D eigenvalue weighted by atomic mass is 9.88. The highest BCUT2D eigenvalue weighted by atomic mass is 15.1. The summed E-state index contributed by atoms with van der Waals surface area (Å²) in [4.78, 5) is 2.61. The monoisotopic (exact) mass is 266 g/mol. The highest BCUT2D eigenvalue weighted by Crippen LogP contribution is 2.48. The molecule has 0 heterocycles. The summed E-state index contributed by atoms with van der Waals surface area (Å²) < 4.78 is 0. The number of hydrogen-bond donors (Lipinski definition) is 1. The first-order valence-corrected chi connectivity index (χ1v) is 8.68. The predicted molar refractivity (Wildman–Crippen MR) is 83.4 cm³/mol. The predicted octanol–water partition coefficient (Wildman–Crippen LogP) is 3.52. The van der Waals surface area contributed by atoms with Crippen LogP contribution in [0.5, 0.6) is 0 Å². The van der Waals surface area contributed by atoms with Gasteiger partial charge in [-0.2, -0.15) is 0 Å². The number of fused-ring (bicyclic) bond motifs is 2. The number of nitrogens with one attached hydrogen (secondary N) is 1. The van der Waals surface area contributed by atoms with Gasteiger partial charge in [0.25, 0.3) is 0 Å². The van der Waals surface area contributed by atoms with Gasteiger partial charge in [-0.1, -0.05) is 26.2 Å². The fraction of sp³-hybridized carbons (Fsp3) is 1.00. The molecule has 0 aromatic heterocycles. The summed E-state index contributed by atoms with van der Waals surface area (Å²) in [5, 5.41) is 3.40. The van der Waals surface area contributed by atoms with E-state index in [1.165, 1.54) is 64.6 Å². The molecule has 3 atom stereocenters. The third-order valence-corrected chi connectivity index (χ3v) is 5.32. The van der Waals surface area contributed by atoms with Gasteiger partial charge < -0.3 is 10.2 Å². The first kappa shape index (κ1) is 15.3. The minimum Gasteiger partial charge on any atom is -0.317 e. The molecule has 3 unspecified atom stereocenters. The van der Waals surface area contributed by atoms with Crippen LogP contribution in [0.2, 0.25) is 0 Å². The summed E-state index contributed by atoms with van der Waals surface area (Å²) in [6.45, 7) is 7.20. The molecule has 112 valence electrons. The van der Waals surface area contributed by atoms with E-state index >= 15 is 0 Å². The van der Waals surface area contributed by atoms with Crippen molar-refractivity contribution in [1.29, 1.82) is 0 Å². The summed E-state index contributed by atoms with van der Waals surface area (Å²) in [6, 6.07) is 0. The molecule has 2 fully saturated rings. The van der Waals surface area contributed by atoms with Crippen molar-refractivity contribution in [2.45, 2.75) is 58.3 Å². The summed E-state index contributed by atoms with van der Waals surface area (Å²) in [6.07, 6.45) is 11.7. The van der Waals surface area contributed by atoms with E-state index in [2.05, 4.69) is 24.2 Å². The Balaban J connectivity index is 1.45. The first-order chi connectivity index (χ1) is 9.29. The Morgan fingerprint density at radius 3 is 2.58 bits per heavy atom. The standard InChI is InChI=1S/C17H34N2/c1-3-18-10-6-4-5-7-11-19(2)14-17-13-15-8-9-16(17)12-15/h15-18H,3-14H2,1-2H3. The molecule has 2 saturated carbocycles. The van der Waals surface area contributed by atoms with Gasteiger partial charge in [0, 0.05) is 6.54 Å². The zero-order valence-corrected chi connectivity index (χ0v) is 13.2. The van der Waals surface area contributed by atoms with Crippen molar-refractivity contribution >= 4 is 0 Å². The van der Waals surface area contributed by atoms with Crippen LogP contribution >= 0.6 is 0 Å². The van der Waals surface area contributed by atoms with Gasteiger partial charge in [0.1, 0.15) is 0 Å². The topological polar surface area (TPSA) is 15.3 Å². The first-order valence-electron chi connectivity index (χ1n) is 8.68. The minimum absolute atomic E-state index is 1.04. The molecule has 0 saturated heterocycles. The van der Waals surface area contributed by atoms with Crippen molar-refractivity contribution in [3.05, 3.63) is 0 Å². The Morgan fingerprint density at radius 1 is 1.05 bits per heavy atom. The van der Waals surface area contributed by atoms with Gasteiger partial charge in [-0.3, -0.25) is 0 Å². The van der Waals surface area contributed by atoms with Gasteiger partial charge in [-0.25, -0.2) is 0 Å². The molecule has 0 radical (unpaired) electrons. The molecule has 0 aromatic rings. The zero-order valence-electron chi connectivity index (χ0n) is 13.2. The van der Waals surface area contributed by atoms with Crippen LogP contribution in [0.15, 0.2) is 0 Å². The fourth-order valence-electron chi connectivity index (χ4n) is 4.25. The van der Waals surface area contributed by atoms with Crippen LogP contribution < -0.4 is 5.32 Å². The fourth-order valence-corrected chi connectivity index (χ4v) is 4.25. The number of rotatable bonds is 10. The average Bonchev–Trinajstić information content (AvgIpc) is 3.00. The van der Waals surface area contributed by atoms with Crippen molar-refractivity contribution in [3.8, 4) is 0 Å². The van der Waals surface area contributed by atoms with E-state index in [0.717, 1.165) is 24.3 Å². The summed E-state index contributed by atoms with van der Waals surface area (Å²) in [7, 11) is 2.34. The second-order valence-electron chi connectivity index (χ2n) is 6.96. The smallest absolute Gasteiger partial charge is 0.000936 e. The Bertz CT molecular complexity index is 241. The second-order valence-corrected chi connectivity index (χ2v) is 6.96. The quantitative estimate of drug-likeness (QED) is 0.609. The van der Waals surface area contributed by atoms with E-state index in [-0.39, 0.29) is 0 Å². The minimum atomic E-state index is 1.04. The van der Waals surface area contributed by atoms with Crippen LogP contribution in [0.4, 0.5) is 0 Å². The van der Waals surface area contributed by atoms with E-state index in [1.54, 1.807) is 6.42 Å². The molecule has 2 nitrogen and oxygen atoms in total. The SMILES string of the molecule is CCNCCCCCCN(C)CC1CC2CCC1C2. The molecular formula is C17H34N2. The maximum Gasteiger partial charge on any atom is 0.000936 e. The number of unbranched alkanes of at least 4 members (excludes halogenated alkanes) is 3. The highest BCUT2D eigenvalue weighted by molar-refractivity contribution is 4.90. The Labute approximate surface area is 120 Å². The van der Waals surface area contributed by atoms with Crippen LogP contribution in [-0.2, 0) is 0 Å². The van der Waals surface area contributed by atoms with Gasteiger partial charge in [-0.05, 0) is 76.5 Å². The lowest BCUT2D eigenvalue weighted by molar-refractivity contribution is 0.217. The lowest BCUT2D eigenvalue weighted by Gasteiger charge is -2.27. The van der Waals surface area contributed by atoms with E-state index in [9.17, 15) is 0 Å². The van der Waals surface area contributed by atoms with E-state index < -0.39 is 0 Å². The molecule has 19 heavy (non-hydrogen) atoms. The Kier molecular flexibility index (Phi) is 6.66. The van der Waals surface area contributed by atoms with Crippen LogP contribution in [-0.4, -0.2) is 38.1 Å². The third-order valence-electron chi connectivity index (χ3n) is 5.32. The lowest BCUT2D eigenvalue weighted by Crippen LogP contribution is -2.29. The van der Waals surface area contributed by atoms with Crippen molar-refractivity contribution in [3.63, 3.8) is 0 Å². The molecule has 2 aliphatic rings. The molecule has 0 spiro atoms. The van der Waals surface area contributed by atoms with E-state index in [0.29, 0.717) is 0 Å². The van der Waals surface area contributed by atoms with Crippen LogP contribution in [0, 0.1) is 17.8 Å². The van der Waals surface area contributed by atoms with Gasteiger partial charge >= 0.3 is 0 Å². The van der Waals surface area contributed by atoms with Gasteiger partial charge in [-0.15, -0.1) is 0 Å². The zero-order chi connectivity index (χ0) is 13.5. The Morgan fingerprint density at radius 2 is 1.89 bits per heavy atom. The average molecular weight is 266 g/mol. The van der Waals surface area contributed by atoms with Gasteiger partial charge in [0.15, 0.2) is 0 Å². The maximum atomic E-state index is 3.40. The van der Waals surface area contributed by atoms with E-state index in [1.807, 2.05) is 0 Å². The van der Waals surface area contributed by atoms with E-state index in [4.69, 9.17) is 0 Å². The van der Waals surface area contributed by atoms with Crippen LogP contribution in [0.1, 0.15) is 58.3 Å². The van der Waals surface area contributed by atoms with Gasteiger partial charge in [0.2, 0.25) is 0 Å². The maximum absolute atomic E-state index is 3.40. The Hall–Kier alpha value is -0.0800. The van der Waals surface area contributed by atoms with Crippen molar-refractivity contribution < 1.29 is 0 Å². The molecule has 1 N–H and O–H groups in total. The molecule has 2 rings (SSSR count). The molecule has 0 amide bonds.